The minimum atomic E-state index is 0.107. The van der Waals surface area contributed by atoms with Gasteiger partial charge >= 0.3 is 0 Å². The SMILES string of the molecule is OCc1ccc(CNCCc2ccncc2)cc1. The van der Waals surface area contributed by atoms with Crippen LogP contribution in [0.25, 0.3) is 0 Å². The molecule has 0 spiro atoms. The summed E-state index contributed by atoms with van der Waals surface area (Å²) in [4.78, 5) is 4.00. The number of aromatic nitrogens is 1. The summed E-state index contributed by atoms with van der Waals surface area (Å²) in [6.45, 7) is 1.91. The Morgan fingerprint density at radius 3 is 2.22 bits per heavy atom. The minimum absolute atomic E-state index is 0.107. The number of hydrogen-bond acceptors (Lipinski definition) is 3. The number of rotatable bonds is 6. The normalized spacial score (nSPS) is 10.5. The number of nitrogens with one attached hydrogen (secondary N) is 1. The molecule has 0 saturated heterocycles. The molecule has 0 unspecified atom stereocenters. The van der Waals surface area contributed by atoms with Gasteiger partial charge in [0.1, 0.15) is 0 Å². The standard InChI is InChI=1S/C15H18N2O/c18-12-15-3-1-14(2-4-15)11-17-10-7-13-5-8-16-9-6-13/h1-6,8-9,17-18H,7,10-12H2. The van der Waals surface area contributed by atoms with Gasteiger partial charge in [-0.05, 0) is 41.8 Å². The Bertz CT molecular complexity index is 454. The molecule has 0 aliphatic rings. The smallest absolute Gasteiger partial charge is 0.0681 e. The molecule has 1 aromatic carbocycles. The van der Waals surface area contributed by atoms with Crippen LogP contribution in [0.15, 0.2) is 48.8 Å². The van der Waals surface area contributed by atoms with Crippen molar-refractivity contribution in [2.24, 2.45) is 0 Å². The lowest BCUT2D eigenvalue weighted by molar-refractivity contribution is 0.282. The number of benzene rings is 1. The van der Waals surface area contributed by atoms with Crippen molar-refractivity contribution < 1.29 is 5.11 Å². The van der Waals surface area contributed by atoms with Crippen LogP contribution in [0.5, 0.6) is 0 Å². The molecule has 0 radical (unpaired) electrons. The van der Waals surface area contributed by atoms with Gasteiger partial charge in [-0.2, -0.15) is 0 Å². The van der Waals surface area contributed by atoms with E-state index < -0.39 is 0 Å². The van der Waals surface area contributed by atoms with Gasteiger partial charge in [0, 0.05) is 18.9 Å². The summed E-state index contributed by atoms with van der Waals surface area (Å²) in [6, 6.07) is 12.1. The Kier molecular flexibility index (Phi) is 4.88. The molecule has 2 aromatic rings. The van der Waals surface area contributed by atoms with Crippen molar-refractivity contribution in [3.05, 3.63) is 65.5 Å². The van der Waals surface area contributed by atoms with Gasteiger partial charge in [0.2, 0.25) is 0 Å². The lowest BCUT2D eigenvalue weighted by Gasteiger charge is -2.05. The Morgan fingerprint density at radius 1 is 0.889 bits per heavy atom. The lowest BCUT2D eigenvalue weighted by Crippen LogP contribution is -2.16. The Morgan fingerprint density at radius 2 is 1.56 bits per heavy atom. The average Bonchev–Trinajstić information content (AvgIpc) is 2.45. The predicted octanol–water partition coefficient (Wildman–Crippen LogP) is 1.91. The summed E-state index contributed by atoms with van der Waals surface area (Å²) in [7, 11) is 0. The van der Waals surface area contributed by atoms with Gasteiger partial charge in [0.15, 0.2) is 0 Å². The third-order valence-electron chi connectivity index (χ3n) is 2.87. The molecule has 1 aromatic heterocycles. The van der Waals surface area contributed by atoms with Crippen LogP contribution in [-0.4, -0.2) is 16.6 Å². The predicted molar refractivity (Wildman–Crippen MR) is 72.0 cm³/mol. The van der Waals surface area contributed by atoms with Crippen LogP contribution in [0.2, 0.25) is 0 Å². The Hall–Kier alpha value is -1.71. The Balaban J connectivity index is 1.72. The zero-order chi connectivity index (χ0) is 12.6. The number of aliphatic hydroxyl groups is 1. The third kappa shape index (κ3) is 3.95. The fourth-order valence-electron chi connectivity index (χ4n) is 1.78. The van der Waals surface area contributed by atoms with Gasteiger partial charge in [0.05, 0.1) is 6.61 Å². The highest BCUT2D eigenvalue weighted by molar-refractivity contribution is 5.21. The number of pyridine rings is 1. The van der Waals surface area contributed by atoms with Crippen LogP contribution in [0.1, 0.15) is 16.7 Å². The average molecular weight is 242 g/mol. The van der Waals surface area contributed by atoms with E-state index in [1.54, 1.807) is 0 Å². The highest BCUT2D eigenvalue weighted by Gasteiger charge is 1.95. The maximum atomic E-state index is 8.95. The van der Waals surface area contributed by atoms with Gasteiger partial charge in [-0.1, -0.05) is 24.3 Å². The van der Waals surface area contributed by atoms with Crippen molar-refractivity contribution in [3.63, 3.8) is 0 Å². The maximum absolute atomic E-state index is 8.95. The van der Waals surface area contributed by atoms with E-state index in [-0.39, 0.29) is 6.61 Å². The van der Waals surface area contributed by atoms with Gasteiger partial charge in [-0.3, -0.25) is 4.98 Å². The summed E-state index contributed by atoms with van der Waals surface area (Å²) in [6.07, 6.45) is 4.66. The first-order chi connectivity index (χ1) is 8.88. The molecule has 0 amide bonds. The van der Waals surface area contributed by atoms with Gasteiger partial charge in [-0.25, -0.2) is 0 Å². The number of aliphatic hydroxyl groups excluding tert-OH is 1. The number of nitrogens with zero attached hydrogens (tertiary/aromatic N) is 1. The first-order valence-electron chi connectivity index (χ1n) is 6.17. The molecular formula is C15H18N2O. The Labute approximate surface area is 108 Å². The lowest BCUT2D eigenvalue weighted by atomic mass is 10.1. The first kappa shape index (κ1) is 12.7. The second-order valence-electron chi connectivity index (χ2n) is 4.26. The second-order valence-corrected chi connectivity index (χ2v) is 4.26. The summed E-state index contributed by atoms with van der Waals surface area (Å²) in [5, 5.41) is 12.4. The zero-order valence-electron chi connectivity index (χ0n) is 10.3. The van der Waals surface area contributed by atoms with Crippen molar-refractivity contribution in [3.8, 4) is 0 Å². The van der Waals surface area contributed by atoms with Crippen molar-refractivity contribution >= 4 is 0 Å². The molecule has 3 heteroatoms. The molecule has 2 rings (SSSR count). The van der Waals surface area contributed by atoms with E-state index in [9.17, 15) is 0 Å². The van der Waals surface area contributed by atoms with E-state index in [1.807, 2.05) is 48.8 Å². The van der Waals surface area contributed by atoms with Crippen LogP contribution >= 0.6 is 0 Å². The molecule has 1 heterocycles. The van der Waals surface area contributed by atoms with Gasteiger partial charge < -0.3 is 10.4 Å². The zero-order valence-corrected chi connectivity index (χ0v) is 10.3. The summed E-state index contributed by atoms with van der Waals surface area (Å²) < 4.78 is 0. The van der Waals surface area contributed by atoms with E-state index in [0.29, 0.717) is 0 Å². The van der Waals surface area contributed by atoms with Crippen LogP contribution in [0.3, 0.4) is 0 Å². The number of hydrogen-bond donors (Lipinski definition) is 2. The van der Waals surface area contributed by atoms with Crippen molar-refractivity contribution in [1.82, 2.24) is 10.3 Å². The maximum Gasteiger partial charge on any atom is 0.0681 e. The largest absolute Gasteiger partial charge is 0.392 e. The molecule has 3 nitrogen and oxygen atoms in total. The van der Waals surface area contributed by atoms with Gasteiger partial charge in [0.25, 0.3) is 0 Å². The van der Waals surface area contributed by atoms with E-state index in [1.165, 1.54) is 11.1 Å². The molecule has 2 N–H and O–H groups in total. The first-order valence-corrected chi connectivity index (χ1v) is 6.17. The van der Waals surface area contributed by atoms with Crippen LogP contribution in [0.4, 0.5) is 0 Å². The molecule has 18 heavy (non-hydrogen) atoms. The monoisotopic (exact) mass is 242 g/mol. The fourth-order valence-corrected chi connectivity index (χ4v) is 1.78. The fraction of sp³-hybridized carbons (Fsp3) is 0.267. The molecule has 0 aliphatic heterocycles. The van der Waals surface area contributed by atoms with Crippen LogP contribution in [-0.2, 0) is 19.6 Å². The molecule has 0 bridgehead atoms. The van der Waals surface area contributed by atoms with Crippen molar-refractivity contribution in [2.75, 3.05) is 6.54 Å². The van der Waals surface area contributed by atoms with E-state index in [2.05, 4.69) is 10.3 Å². The molecule has 0 fully saturated rings. The van der Waals surface area contributed by atoms with Crippen molar-refractivity contribution in [2.45, 2.75) is 19.6 Å². The van der Waals surface area contributed by atoms with E-state index in [4.69, 9.17) is 5.11 Å². The van der Waals surface area contributed by atoms with Crippen molar-refractivity contribution in [1.29, 1.82) is 0 Å². The molecule has 0 saturated carbocycles. The highest BCUT2D eigenvalue weighted by atomic mass is 16.3. The van der Waals surface area contributed by atoms with E-state index in [0.717, 1.165) is 25.1 Å². The summed E-state index contributed by atoms with van der Waals surface area (Å²) in [5.74, 6) is 0. The highest BCUT2D eigenvalue weighted by Crippen LogP contribution is 2.04. The molecule has 94 valence electrons. The summed E-state index contributed by atoms with van der Waals surface area (Å²) in [5.41, 5.74) is 3.49. The topological polar surface area (TPSA) is 45.1 Å². The summed E-state index contributed by atoms with van der Waals surface area (Å²) >= 11 is 0. The third-order valence-corrected chi connectivity index (χ3v) is 2.87. The quantitative estimate of drug-likeness (QED) is 0.761. The molecule has 0 atom stereocenters. The molecule has 0 aliphatic carbocycles. The molecular weight excluding hydrogens is 224 g/mol. The van der Waals surface area contributed by atoms with Gasteiger partial charge in [-0.15, -0.1) is 0 Å². The van der Waals surface area contributed by atoms with E-state index >= 15 is 0 Å². The van der Waals surface area contributed by atoms with Crippen LogP contribution in [0, 0.1) is 0 Å². The minimum Gasteiger partial charge on any atom is -0.392 e. The van der Waals surface area contributed by atoms with Crippen LogP contribution < -0.4 is 5.32 Å². The second kappa shape index (κ2) is 6.89.